The average Bonchev–Trinajstić information content (AvgIpc) is 2.05. The van der Waals surface area contributed by atoms with Crippen LogP contribution in [-0.4, -0.2) is 38.1 Å². The van der Waals surface area contributed by atoms with Crippen LogP contribution in [0.3, 0.4) is 0 Å². The molecule has 2 heteroatoms. The van der Waals surface area contributed by atoms with Gasteiger partial charge in [0.25, 0.3) is 0 Å². The fourth-order valence-corrected chi connectivity index (χ4v) is 1.78. The second kappa shape index (κ2) is 8.52. The van der Waals surface area contributed by atoms with Crippen LogP contribution in [0.25, 0.3) is 0 Å². The van der Waals surface area contributed by atoms with Gasteiger partial charge in [0.2, 0.25) is 0 Å². The Hall–Kier alpha value is -0.0800. The average molecular weight is 186 g/mol. The number of hydrogen-bond acceptors (Lipinski definition) is 2. The predicted octanol–water partition coefficient (Wildman–Crippen LogP) is 1.96. The van der Waals surface area contributed by atoms with Crippen molar-refractivity contribution in [3.8, 4) is 0 Å². The van der Waals surface area contributed by atoms with Gasteiger partial charge in [-0.15, -0.1) is 0 Å². The molecule has 80 valence electrons. The second-order valence-corrected chi connectivity index (χ2v) is 3.96. The molecule has 0 aromatic heterocycles. The molecular formula is C11H26N2. The molecule has 0 heterocycles. The zero-order chi connectivity index (χ0) is 10.1. The summed E-state index contributed by atoms with van der Waals surface area (Å²) in [5.41, 5.74) is 0. The summed E-state index contributed by atoms with van der Waals surface area (Å²) >= 11 is 0. The van der Waals surface area contributed by atoms with Gasteiger partial charge in [-0.05, 0) is 45.4 Å². The zero-order valence-corrected chi connectivity index (χ0v) is 9.77. The fourth-order valence-electron chi connectivity index (χ4n) is 1.78. The minimum absolute atomic E-state index is 0.767. The van der Waals surface area contributed by atoms with Crippen molar-refractivity contribution in [3.05, 3.63) is 0 Å². The van der Waals surface area contributed by atoms with E-state index in [1.54, 1.807) is 0 Å². The van der Waals surface area contributed by atoms with Crippen molar-refractivity contribution in [1.82, 2.24) is 10.2 Å². The van der Waals surface area contributed by atoms with Crippen LogP contribution >= 0.6 is 0 Å². The first kappa shape index (κ1) is 12.9. The van der Waals surface area contributed by atoms with Crippen molar-refractivity contribution >= 4 is 0 Å². The zero-order valence-electron chi connectivity index (χ0n) is 9.77. The third kappa shape index (κ3) is 7.03. The summed E-state index contributed by atoms with van der Waals surface area (Å²) in [5, 5.41) is 3.23. The van der Waals surface area contributed by atoms with Crippen molar-refractivity contribution in [2.45, 2.75) is 33.6 Å². The molecule has 0 aromatic rings. The Labute approximate surface area is 83.7 Å². The summed E-state index contributed by atoms with van der Waals surface area (Å²) in [4.78, 5) is 2.57. The van der Waals surface area contributed by atoms with Crippen LogP contribution in [-0.2, 0) is 0 Å². The van der Waals surface area contributed by atoms with Crippen LogP contribution in [0.1, 0.15) is 33.6 Å². The van der Waals surface area contributed by atoms with Crippen molar-refractivity contribution in [2.75, 3.05) is 33.2 Å². The van der Waals surface area contributed by atoms with Crippen LogP contribution in [0.5, 0.6) is 0 Å². The lowest BCUT2D eigenvalue weighted by Gasteiger charge is -2.24. The van der Waals surface area contributed by atoms with E-state index in [9.17, 15) is 0 Å². The van der Waals surface area contributed by atoms with E-state index in [2.05, 4.69) is 31.0 Å². The van der Waals surface area contributed by atoms with Gasteiger partial charge in [-0.25, -0.2) is 0 Å². The Bertz CT molecular complexity index is 98.3. The van der Waals surface area contributed by atoms with E-state index in [0.717, 1.165) is 12.5 Å². The van der Waals surface area contributed by atoms with Gasteiger partial charge in [-0.1, -0.05) is 20.8 Å². The summed E-state index contributed by atoms with van der Waals surface area (Å²) in [5.74, 6) is 0.767. The highest BCUT2D eigenvalue weighted by atomic mass is 15.1. The van der Waals surface area contributed by atoms with Gasteiger partial charge in [0, 0.05) is 6.54 Å². The SMILES string of the molecule is CCCN(CCC)CC(C)CNC. The van der Waals surface area contributed by atoms with Gasteiger partial charge in [-0.3, -0.25) is 0 Å². The maximum Gasteiger partial charge on any atom is 0.00191 e. The first-order valence-corrected chi connectivity index (χ1v) is 5.61. The molecule has 0 saturated carbocycles. The van der Waals surface area contributed by atoms with Crippen molar-refractivity contribution < 1.29 is 0 Å². The Morgan fingerprint density at radius 3 is 2.08 bits per heavy atom. The first-order chi connectivity index (χ1) is 6.24. The Morgan fingerprint density at radius 1 is 1.15 bits per heavy atom. The lowest BCUT2D eigenvalue weighted by molar-refractivity contribution is 0.236. The van der Waals surface area contributed by atoms with Gasteiger partial charge in [0.05, 0.1) is 0 Å². The smallest absolute Gasteiger partial charge is 0.00191 e. The molecule has 0 aliphatic heterocycles. The number of nitrogens with one attached hydrogen (secondary N) is 1. The van der Waals surface area contributed by atoms with Gasteiger partial charge in [0.1, 0.15) is 0 Å². The molecule has 0 aromatic carbocycles. The highest BCUT2D eigenvalue weighted by Gasteiger charge is 2.07. The van der Waals surface area contributed by atoms with Gasteiger partial charge in [0.15, 0.2) is 0 Å². The topological polar surface area (TPSA) is 15.3 Å². The molecule has 0 saturated heterocycles. The molecule has 0 aliphatic rings. The molecule has 0 rings (SSSR count). The summed E-state index contributed by atoms with van der Waals surface area (Å²) in [6.45, 7) is 11.7. The molecule has 0 radical (unpaired) electrons. The van der Waals surface area contributed by atoms with E-state index < -0.39 is 0 Å². The van der Waals surface area contributed by atoms with Gasteiger partial charge >= 0.3 is 0 Å². The highest BCUT2D eigenvalue weighted by Crippen LogP contribution is 2.01. The molecule has 0 bridgehead atoms. The number of rotatable bonds is 8. The Morgan fingerprint density at radius 2 is 1.69 bits per heavy atom. The number of hydrogen-bond donors (Lipinski definition) is 1. The fraction of sp³-hybridized carbons (Fsp3) is 1.00. The summed E-state index contributed by atoms with van der Waals surface area (Å²) in [6, 6.07) is 0. The largest absolute Gasteiger partial charge is 0.319 e. The van der Waals surface area contributed by atoms with Crippen LogP contribution in [0, 0.1) is 5.92 Å². The summed E-state index contributed by atoms with van der Waals surface area (Å²) in [6.07, 6.45) is 2.54. The molecule has 1 unspecified atom stereocenters. The molecule has 0 spiro atoms. The van der Waals surface area contributed by atoms with Crippen LogP contribution in [0.15, 0.2) is 0 Å². The molecule has 0 aliphatic carbocycles. The van der Waals surface area contributed by atoms with E-state index in [0.29, 0.717) is 0 Å². The minimum atomic E-state index is 0.767. The molecule has 0 fully saturated rings. The third-order valence-corrected chi connectivity index (χ3v) is 2.20. The Balaban J connectivity index is 3.64. The minimum Gasteiger partial charge on any atom is -0.319 e. The molecule has 2 nitrogen and oxygen atoms in total. The van der Waals surface area contributed by atoms with E-state index in [4.69, 9.17) is 0 Å². The molecule has 1 N–H and O–H groups in total. The van der Waals surface area contributed by atoms with E-state index in [1.807, 2.05) is 7.05 Å². The molecule has 13 heavy (non-hydrogen) atoms. The van der Waals surface area contributed by atoms with E-state index in [1.165, 1.54) is 32.5 Å². The van der Waals surface area contributed by atoms with Crippen LogP contribution in [0.2, 0.25) is 0 Å². The van der Waals surface area contributed by atoms with Gasteiger partial charge < -0.3 is 10.2 Å². The predicted molar refractivity (Wildman–Crippen MR) is 60.1 cm³/mol. The lowest BCUT2D eigenvalue weighted by atomic mass is 10.1. The maximum atomic E-state index is 3.23. The maximum absolute atomic E-state index is 3.23. The first-order valence-electron chi connectivity index (χ1n) is 5.61. The second-order valence-electron chi connectivity index (χ2n) is 3.96. The van der Waals surface area contributed by atoms with E-state index >= 15 is 0 Å². The number of nitrogens with zero attached hydrogens (tertiary/aromatic N) is 1. The van der Waals surface area contributed by atoms with Crippen molar-refractivity contribution in [3.63, 3.8) is 0 Å². The molecule has 0 amide bonds. The quantitative estimate of drug-likeness (QED) is 0.623. The summed E-state index contributed by atoms with van der Waals surface area (Å²) in [7, 11) is 2.03. The van der Waals surface area contributed by atoms with Crippen LogP contribution < -0.4 is 5.32 Å². The summed E-state index contributed by atoms with van der Waals surface area (Å²) < 4.78 is 0. The lowest BCUT2D eigenvalue weighted by Crippen LogP contribution is -2.33. The van der Waals surface area contributed by atoms with E-state index in [-0.39, 0.29) is 0 Å². The van der Waals surface area contributed by atoms with Crippen LogP contribution in [0.4, 0.5) is 0 Å². The van der Waals surface area contributed by atoms with Gasteiger partial charge in [-0.2, -0.15) is 0 Å². The highest BCUT2D eigenvalue weighted by molar-refractivity contribution is 4.63. The monoisotopic (exact) mass is 186 g/mol. The standard InChI is InChI=1S/C11H26N2/c1-5-7-13(8-6-2)10-11(3)9-12-4/h11-12H,5-10H2,1-4H3. The van der Waals surface area contributed by atoms with Crippen molar-refractivity contribution in [2.24, 2.45) is 5.92 Å². The normalized spacial score (nSPS) is 13.6. The molecular weight excluding hydrogens is 160 g/mol. The third-order valence-electron chi connectivity index (χ3n) is 2.20. The molecule has 1 atom stereocenters. The van der Waals surface area contributed by atoms with Crippen molar-refractivity contribution in [1.29, 1.82) is 0 Å². The Kier molecular flexibility index (Phi) is 8.46.